The second-order valence-electron chi connectivity index (χ2n) is 8.23. The summed E-state index contributed by atoms with van der Waals surface area (Å²) in [7, 11) is 0. The molecule has 0 N–H and O–H groups in total. The quantitative estimate of drug-likeness (QED) is 0.405. The minimum absolute atomic E-state index is 0.0971. The third kappa shape index (κ3) is 5.11. The molecule has 3 heterocycles. The van der Waals surface area contributed by atoms with Crippen molar-refractivity contribution in [3.05, 3.63) is 64.9 Å². The van der Waals surface area contributed by atoms with Crippen LogP contribution >= 0.6 is 15.9 Å². The predicted octanol–water partition coefficient (Wildman–Crippen LogP) is 4.63. The summed E-state index contributed by atoms with van der Waals surface area (Å²) in [6.07, 6.45) is 4.48. The summed E-state index contributed by atoms with van der Waals surface area (Å²) >= 11 is 3.39. The first-order chi connectivity index (χ1) is 15.7. The molecular formula is C23H22BrN5O4. The van der Waals surface area contributed by atoms with E-state index in [9.17, 15) is 9.59 Å². The fourth-order valence-corrected chi connectivity index (χ4v) is 3.52. The fraction of sp³-hybridized carbons (Fsp3) is 0.261. The predicted molar refractivity (Wildman–Crippen MR) is 125 cm³/mol. The first-order valence-electron chi connectivity index (χ1n) is 10.2. The van der Waals surface area contributed by atoms with E-state index >= 15 is 0 Å². The maximum absolute atomic E-state index is 13.7. The maximum Gasteiger partial charge on any atom is 0.423 e. The van der Waals surface area contributed by atoms with Crippen molar-refractivity contribution in [2.75, 3.05) is 11.5 Å². The van der Waals surface area contributed by atoms with Gasteiger partial charge in [0.05, 0.1) is 5.56 Å². The number of allylic oxidation sites excluding steroid dienone is 1. The topological polar surface area (TPSA) is 99.4 Å². The number of carbonyl (C=O) groups excluding carboxylic acids is 2. The van der Waals surface area contributed by atoms with Gasteiger partial charge in [-0.3, -0.25) is 4.79 Å². The van der Waals surface area contributed by atoms with E-state index < -0.39 is 17.6 Å². The average molecular weight is 512 g/mol. The summed E-state index contributed by atoms with van der Waals surface area (Å²) in [5, 5.41) is 8.13. The molecule has 9 nitrogen and oxygen atoms in total. The van der Waals surface area contributed by atoms with Crippen molar-refractivity contribution in [1.29, 1.82) is 0 Å². The van der Waals surface area contributed by atoms with Gasteiger partial charge in [-0.05, 0) is 57.2 Å². The van der Waals surface area contributed by atoms with Crippen LogP contribution in [0.4, 0.5) is 10.6 Å². The van der Waals surface area contributed by atoms with Crippen LogP contribution in [0.2, 0.25) is 0 Å². The number of benzene rings is 1. The Balaban J connectivity index is 1.90. The zero-order valence-electron chi connectivity index (χ0n) is 18.4. The largest absolute Gasteiger partial charge is 0.489 e. The molecule has 0 spiro atoms. The highest BCUT2D eigenvalue weighted by atomic mass is 79.9. The molecule has 3 aromatic rings. The molecule has 2 aromatic heterocycles. The molecule has 2 amide bonds. The van der Waals surface area contributed by atoms with Gasteiger partial charge in [0, 0.05) is 11.0 Å². The van der Waals surface area contributed by atoms with Crippen molar-refractivity contribution in [2.45, 2.75) is 32.9 Å². The van der Waals surface area contributed by atoms with Crippen molar-refractivity contribution >= 4 is 33.7 Å². The van der Waals surface area contributed by atoms with Gasteiger partial charge in [-0.2, -0.15) is 4.90 Å². The van der Waals surface area contributed by atoms with E-state index in [0.29, 0.717) is 28.3 Å². The van der Waals surface area contributed by atoms with Gasteiger partial charge in [0.15, 0.2) is 5.82 Å². The lowest BCUT2D eigenvalue weighted by Gasteiger charge is -2.26. The van der Waals surface area contributed by atoms with E-state index in [1.54, 1.807) is 68.1 Å². The molecule has 0 unspecified atom stereocenters. The van der Waals surface area contributed by atoms with Crippen LogP contribution < -0.4 is 9.64 Å². The van der Waals surface area contributed by atoms with Crippen LogP contribution in [0, 0.1) is 0 Å². The standard InChI is InChI=1S/C23H22BrN5O4/c1-23(2,3)33-22(31)29-19-8-6-7-17(26-19)20-27-25-14-28(20)11-4-5-12-32-18-10-9-15(24)13-16(18)21(29)30/h4-10,13-14H,11-12H2,1-3H3/b5-4+. The average Bonchev–Trinajstić information content (AvgIpc) is 3.21. The summed E-state index contributed by atoms with van der Waals surface area (Å²) in [5.74, 6) is 0.298. The lowest BCUT2D eigenvalue weighted by atomic mass is 10.1. The number of ether oxygens (including phenoxy) is 2. The molecule has 0 atom stereocenters. The van der Waals surface area contributed by atoms with Crippen molar-refractivity contribution < 1.29 is 19.1 Å². The molecule has 1 aliphatic rings. The number of aromatic nitrogens is 4. The smallest absolute Gasteiger partial charge is 0.423 e. The Morgan fingerprint density at radius 2 is 2.00 bits per heavy atom. The van der Waals surface area contributed by atoms with Crippen molar-refractivity contribution in [3.63, 3.8) is 0 Å². The van der Waals surface area contributed by atoms with Crippen molar-refractivity contribution in [3.8, 4) is 17.3 Å². The number of amides is 2. The van der Waals surface area contributed by atoms with E-state index in [4.69, 9.17) is 9.47 Å². The number of carbonyl (C=O) groups is 2. The molecular weight excluding hydrogens is 490 g/mol. The van der Waals surface area contributed by atoms with Gasteiger partial charge < -0.3 is 14.0 Å². The van der Waals surface area contributed by atoms with E-state index in [2.05, 4.69) is 31.1 Å². The van der Waals surface area contributed by atoms with Crippen LogP contribution in [0.15, 0.2) is 59.4 Å². The van der Waals surface area contributed by atoms with E-state index in [1.165, 1.54) is 0 Å². The highest BCUT2D eigenvalue weighted by Gasteiger charge is 2.33. The molecule has 1 aliphatic heterocycles. The molecule has 0 radical (unpaired) electrons. The molecule has 170 valence electrons. The Hall–Kier alpha value is -3.53. The first-order valence-corrected chi connectivity index (χ1v) is 11.0. The number of fused-ring (bicyclic) bond motifs is 5. The van der Waals surface area contributed by atoms with E-state index in [0.717, 1.165) is 4.90 Å². The molecule has 0 saturated heterocycles. The number of pyridine rings is 1. The molecule has 33 heavy (non-hydrogen) atoms. The monoisotopic (exact) mass is 511 g/mol. The van der Waals surface area contributed by atoms with E-state index in [1.807, 2.05) is 12.2 Å². The van der Waals surface area contributed by atoms with Crippen molar-refractivity contribution in [2.24, 2.45) is 0 Å². The summed E-state index contributed by atoms with van der Waals surface area (Å²) in [5.41, 5.74) is -0.172. The number of hydrogen-bond donors (Lipinski definition) is 0. The normalized spacial score (nSPS) is 15.0. The third-order valence-corrected chi connectivity index (χ3v) is 5.06. The van der Waals surface area contributed by atoms with Crippen LogP contribution in [0.1, 0.15) is 31.1 Å². The molecule has 0 fully saturated rings. The lowest BCUT2D eigenvalue weighted by molar-refractivity contribution is 0.0563. The number of anilines is 1. The third-order valence-electron chi connectivity index (χ3n) is 4.56. The summed E-state index contributed by atoms with van der Waals surface area (Å²) in [6, 6.07) is 10.0. The molecule has 10 heteroatoms. The van der Waals surface area contributed by atoms with Crippen molar-refractivity contribution in [1.82, 2.24) is 19.7 Å². The van der Waals surface area contributed by atoms with Gasteiger partial charge in [-0.15, -0.1) is 10.2 Å². The van der Waals surface area contributed by atoms with Crippen LogP contribution in [0.5, 0.6) is 5.75 Å². The Labute approximate surface area is 199 Å². The SMILES string of the molecule is CC(C)(C)OC(=O)N1C(=O)c2cc(Br)ccc2OC/C=C/Cn2cnnc2-c2cccc1n2. The number of nitrogens with zero attached hydrogens (tertiary/aromatic N) is 5. The minimum Gasteiger partial charge on any atom is -0.489 e. The Kier molecular flexibility index (Phi) is 6.28. The summed E-state index contributed by atoms with van der Waals surface area (Å²) < 4.78 is 13.9. The number of halogens is 1. The highest BCUT2D eigenvalue weighted by molar-refractivity contribution is 9.10. The second kappa shape index (κ2) is 9.14. The van der Waals surface area contributed by atoms with E-state index in [-0.39, 0.29) is 18.0 Å². The highest BCUT2D eigenvalue weighted by Crippen LogP contribution is 2.29. The molecule has 2 bridgehead atoms. The second-order valence-corrected chi connectivity index (χ2v) is 9.15. The molecule has 4 rings (SSSR count). The van der Waals surface area contributed by atoms with Gasteiger partial charge >= 0.3 is 6.09 Å². The van der Waals surface area contributed by atoms with Crippen LogP contribution in [-0.2, 0) is 11.3 Å². The van der Waals surface area contributed by atoms with Gasteiger partial charge in [-0.1, -0.05) is 28.1 Å². The van der Waals surface area contributed by atoms with Crippen LogP contribution in [0.25, 0.3) is 11.5 Å². The van der Waals surface area contributed by atoms with Crippen LogP contribution in [0.3, 0.4) is 0 Å². The number of rotatable bonds is 0. The maximum atomic E-state index is 13.7. The molecule has 0 saturated carbocycles. The van der Waals surface area contributed by atoms with Gasteiger partial charge in [0.2, 0.25) is 0 Å². The van der Waals surface area contributed by atoms with Gasteiger partial charge in [0.1, 0.15) is 35.8 Å². The number of hydrogen-bond acceptors (Lipinski definition) is 7. The number of imide groups is 1. The van der Waals surface area contributed by atoms with Gasteiger partial charge in [0.25, 0.3) is 5.91 Å². The Morgan fingerprint density at radius 3 is 2.79 bits per heavy atom. The zero-order valence-corrected chi connectivity index (χ0v) is 19.9. The molecule has 0 aliphatic carbocycles. The fourth-order valence-electron chi connectivity index (χ4n) is 3.16. The zero-order chi connectivity index (χ0) is 23.6. The molecule has 1 aromatic carbocycles. The first kappa shape index (κ1) is 22.7. The van der Waals surface area contributed by atoms with Crippen LogP contribution in [-0.4, -0.2) is 44.0 Å². The minimum atomic E-state index is -0.850. The van der Waals surface area contributed by atoms with Gasteiger partial charge in [-0.25, -0.2) is 9.78 Å². The summed E-state index contributed by atoms with van der Waals surface area (Å²) in [4.78, 5) is 32.4. The lowest BCUT2D eigenvalue weighted by Crippen LogP contribution is -2.41. The Bertz CT molecular complexity index is 1230. The Morgan fingerprint density at radius 1 is 1.18 bits per heavy atom. The summed E-state index contributed by atoms with van der Waals surface area (Å²) in [6.45, 7) is 5.92.